The first kappa shape index (κ1) is 26.5. The number of hydrazine groups is 1. The van der Waals surface area contributed by atoms with Crippen LogP contribution in [0.1, 0.15) is 55.5 Å². The molecule has 0 aliphatic carbocycles. The average molecular weight is 529 g/mol. The van der Waals surface area contributed by atoms with Gasteiger partial charge in [0.15, 0.2) is 0 Å². The number of carbonyl (C=O) groups is 2. The third-order valence-electron chi connectivity index (χ3n) is 4.24. The predicted octanol–water partition coefficient (Wildman–Crippen LogP) is 4.20. The summed E-state index contributed by atoms with van der Waals surface area (Å²) < 4.78 is 3.25. The maximum Gasteiger partial charge on any atom is 0.281 e. The zero-order valence-corrected chi connectivity index (χ0v) is 21.0. The summed E-state index contributed by atoms with van der Waals surface area (Å²) in [6.45, 7) is 4.58. The first-order valence-corrected chi connectivity index (χ1v) is 14.5. The van der Waals surface area contributed by atoms with Gasteiger partial charge in [0.05, 0.1) is 5.56 Å². The van der Waals surface area contributed by atoms with E-state index in [9.17, 15) is 19.5 Å². The molecule has 2 radical (unpaired) electrons. The van der Waals surface area contributed by atoms with E-state index in [0.717, 1.165) is 0 Å². The summed E-state index contributed by atoms with van der Waals surface area (Å²) in [5, 5.41) is 9.54. The fourth-order valence-corrected chi connectivity index (χ4v) is 6.64. The molecule has 2 rings (SSSR count). The van der Waals surface area contributed by atoms with Crippen molar-refractivity contribution >= 4 is 44.5 Å². The number of phenolic OH excluding ortho intramolecular Hbond substituents is 1. The summed E-state index contributed by atoms with van der Waals surface area (Å²) >= 11 is 0.149. The van der Waals surface area contributed by atoms with Crippen LogP contribution in [0, 0.1) is 0 Å². The van der Waals surface area contributed by atoms with Gasteiger partial charge in [-0.15, -0.1) is 0 Å². The molecule has 0 aliphatic heterocycles. The Bertz CT molecular complexity index is 859. The van der Waals surface area contributed by atoms with E-state index >= 15 is 0 Å². The number of rotatable bonds is 9. The molecule has 0 unspecified atom stereocenters. The smallest absolute Gasteiger partial charge is 0.281 e. The molecule has 6 nitrogen and oxygen atoms in total. The molecule has 31 heavy (non-hydrogen) atoms. The first-order valence-electron chi connectivity index (χ1n) is 10.4. The normalized spacial score (nSPS) is 9.61. The Hall–Kier alpha value is -2.57. The molecule has 2 aromatic rings. The average Bonchev–Trinajstić information content (AvgIpc) is 2.79. The van der Waals surface area contributed by atoms with Gasteiger partial charge in [-0.1, -0.05) is 42.5 Å². The summed E-state index contributed by atoms with van der Waals surface area (Å²) in [4.78, 5) is 34.7. The van der Waals surface area contributed by atoms with Crippen LogP contribution in [-0.4, -0.2) is 44.0 Å². The molecule has 2 amide bonds. The van der Waals surface area contributed by atoms with Gasteiger partial charge in [-0.05, 0) is 17.7 Å². The number of nitrogens with one attached hydrogen (secondary N) is 2. The Morgan fingerprint density at radius 1 is 0.903 bits per heavy atom. The molecule has 164 valence electrons. The summed E-state index contributed by atoms with van der Waals surface area (Å²) in [6, 6.07) is 14.1. The van der Waals surface area contributed by atoms with E-state index in [0.29, 0.717) is 5.56 Å². The van der Waals surface area contributed by atoms with Gasteiger partial charge >= 0.3 is 69.5 Å². The van der Waals surface area contributed by atoms with Crippen molar-refractivity contribution < 1.29 is 19.5 Å². The monoisotopic (exact) mass is 530 g/mol. The number of amides is 2. The van der Waals surface area contributed by atoms with Gasteiger partial charge in [0.25, 0.3) is 11.8 Å². The SMILES string of the molecule is CCC[CH2][Sn][CH2]CCC.O=C=C(C(=O)NNC(=O)c1ccccc1O)c1ccccc1. The molecule has 0 aliphatic rings. The van der Waals surface area contributed by atoms with Crippen LogP contribution in [0.15, 0.2) is 54.6 Å². The summed E-state index contributed by atoms with van der Waals surface area (Å²) in [5.41, 5.74) is 4.38. The fourth-order valence-electron chi connectivity index (χ4n) is 2.48. The topological polar surface area (TPSA) is 95.5 Å². The summed E-state index contributed by atoms with van der Waals surface area (Å²) in [7, 11) is 0. The predicted molar refractivity (Wildman–Crippen MR) is 124 cm³/mol. The van der Waals surface area contributed by atoms with Crippen molar-refractivity contribution in [3.8, 4) is 5.75 Å². The van der Waals surface area contributed by atoms with Gasteiger partial charge in [0.2, 0.25) is 0 Å². The van der Waals surface area contributed by atoms with Crippen LogP contribution in [0.3, 0.4) is 0 Å². The zero-order valence-electron chi connectivity index (χ0n) is 18.1. The minimum absolute atomic E-state index is 0.000793. The number of benzene rings is 2. The van der Waals surface area contributed by atoms with Crippen molar-refractivity contribution in [1.82, 2.24) is 10.9 Å². The van der Waals surface area contributed by atoms with E-state index in [4.69, 9.17) is 0 Å². The second-order valence-corrected chi connectivity index (χ2v) is 11.0. The van der Waals surface area contributed by atoms with Gasteiger partial charge in [0, 0.05) is 0 Å². The second kappa shape index (κ2) is 16.2. The maximum atomic E-state index is 11.9. The van der Waals surface area contributed by atoms with E-state index in [2.05, 4.69) is 24.7 Å². The number of para-hydroxylation sites is 1. The Balaban J connectivity index is 0.000000452. The molecule has 0 fully saturated rings. The second-order valence-electron chi connectivity index (χ2n) is 6.73. The number of aromatic hydroxyl groups is 1. The molecule has 7 heteroatoms. The van der Waals surface area contributed by atoms with Gasteiger partial charge in [-0.25, -0.2) is 4.79 Å². The van der Waals surface area contributed by atoms with Gasteiger partial charge in [-0.3, -0.25) is 20.4 Å². The van der Waals surface area contributed by atoms with Crippen LogP contribution in [-0.2, 0) is 9.59 Å². The zero-order chi connectivity index (χ0) is 22.9. The molecular weight excluding hydrogens is 499 g/mol. The van der Waals surface area contributed by atoms with Crippen LogP contribution < -0.4 is 10.9 Å². The van der Waals surface area contributed by atoms with Crippen molar-refractivity contribution in [2.75, 3.05) is 0 Å². The number of unbranched alkanes of at least 4 members (excludes halogenated alkanes) is 2. The number of carbonyl (C=O) groups excluding carboxylic acids is 3. The number of phenols is 1. The van der Waals surface area contributed by atoms with Crippen LogP contribution >= 0.6 is 0 Å². The standard InChI is InChI=1S/C16H12N2O4.2C4H9.Sn/c19-10-13(11-6-2-1-3-7-11)16(22)18-17-15(21)12-8-4-5-9-14(12)20;2*1-3-4-2;/h1-9,20H,(H,17,21)(H,18,22);2*1,3-4H2,2H3;. The first-order chi connectivity index (χ1) is 15.0. The Morgan fingerprint density at radius 2 is 1.48 bits per heavy atom. The van der Waals surface area contributed by atoms with Gasteiger partial charge < -0.3 is 5.11 Å². The molecule has 0 bridgehead atoms. The largest absolute Gasteiger partial charge is 0.507 e. The molecule has 0 saturated carbocycles. The molecular formula is C24H30N2O4Sn. The fraction of sp³-hybridized carbons (Fsp3) is 0.333. The molecule has 2 aromatic carbocycles. The minimum Gasteiger partial charge on any atom is -0.507 e. The number of hydrogen-bond acceptors (Lipinski definition) is 4. The van der Waals surface area contributed by atoms with E-state index in [1.807, 2.05) is 0 Å². The van der Waals surface area contributed by atoms with Crippen LogP contribution in [0.5, 0.6) is 5.75 Å². The van der Waals surface area contributed by atoms with Crippen LogP contribution in [0.25, 0.3) is 5.57 Å². The summed E-state index contributed by atoms with van der Waals surface area (Å²) in [5.74, 6) is -0.177. The molecule has 0 saturated heterocycles. The van der Waals surface area contributed by atoms with Gasteiger partial charge in [-0.2, -0.15) is 0 Å². The van der Waals surface area contributed by atoms with Crippen molar-refractivity contribution in [3.05, 3.63) is 65.7 Å². The van der Waals surface area contributed by atoms with E-state index in [1.165, 1.54) is 37.8 Å². The van der Waals surface area contributed by atoms with Crippen LogP contribution in [0.2, 0.25) is 8.87 Å². The Labute approximate surface area is 194 Å². The Morgan fingerprint density at radius 3 is 2.03 bits per heavy atom. The molecule has 3 N–H and O–H groups in total. The number of hydrogen-bond donors (Lipinski definition) is 3. The van der Waals surface area contributed by atoms with E-state index in [1.54, 1.807) is 57.3 Å². The van der Waals surface area contributed by atoms with Gasteiger partial charge in [0.1, 0.15) is 17.3 Å². The minimum atomic E-state index is -0.801. The molecule has 0 atom stereocenters. The summed E-state index contributed by atoms with van der Waals surface area (Å²) in [6.07, 6.45) is 5.84. The molecule has 0 spiro atoms. The van der Waals surface area contributed by atoms with Crippen molar-refractivity contribution in [3.63, 3.8) is 0 Å². The van der Waals surface area contributed by atoms with Crippen molar-refractivity contribution in [2.45, 2.75) is 48.4 Å². The van der Waals surface area contributed by atoms with E-state index in [-0.39, 0.29) is 38.0 Å². The third-order valence-corrected chi connectivity index (χ3v) is 8.28. The van der Waals surface area contributed by atoms with Crippen molar-refractivity contribution in [1.29, 1.82) is 0 Å². The molecule has 0 heterocycles. The quantitative estimate of drug-likeness (QED) is 0.149. The maximum absolute atomic E-state index is 11.9. The Kier molecular flexibility index (Phi) is 13.8. The van der Waals surface area contributed by atoms with E-state index < -0.39 is 11.8 Å². The van der Waals surface area contributed by atoms with Crippen molar-refractivity contribution in [2.24, 2.45) is 0 Å². The van der Waals surface area contributed by atoms with Crippen LogP contribution in [0.4, 0.5) is 0 Å². The molecule has 0 aromatic heterocycles. The third kappa shape index (κ3) is 10.3.